The molecule has 0 unspecified atom stereocenters. The normalized spacial score (nSPS) is 11.7. The predicted octanol–water partition coefficient (Wildman–Crippen LogP) is 5.13. The smallest absolute Gasteiger partial charge is 0.0421 e. The van der Waals surface area contributed by atoms with Crippen LogP contribution in [0.5, 0.6) is 0 Å². The van der Waals surface area contributed by atoms with Gasteiger partial charge < -0.3 is 0 Å². The average Bonchev–Trinajstić information content (AvgIpc) is 2.73. The molecule has 3 rings (SSSR count). The van der Waals surface area contributed by atoms with E-state index in [2.05, 4.69) is 55.6 Å². The molecule has 0 amide bonds. The Hall–Kier alpha value is -1.34. The lowest BCUT2D eigenvalue weighted by Crippen LogP contribution is -1.81. The van der Waals surface area contributed by atoms with Crippen LogP contribution in [0.25, 0.3) is 21.2 Å². The summed E-state index contributed by atoms with van der Waals surface area (Å²) in [6, 6.07) is 13.5. The third-order valence-corrected chi connectivity index (χ3v) is 4.09. The molecule has 2 aliphatic rings. The van der Waals surface area contributed by atoms with Crippen LogP contribution in [-0.4, -0.2) is 0 Å². The Labute approximate surface area is 99.9 Å². The van der Waals surface area contributed by atoms with Crippen molar-refractivity contribution in [3.05, 3.63) is 47.3 Å². The van der Waals surface area contributed by atoms with Crippen LogP contribution in [0.2, 0.25) is 0 Å². The van der Waals surface area contributed by atoms with Crippen LogP contribution in [0.4, 0.5) is 0 Å². The Morgan fingerprint density at radius 2 is 1.81 bits per heavy atom. The molecule has 2 aliphatic carbocycles. The molecule has 80 valence electrons. The van der Waals surface area contributed by atoms with Gasteiger partial charge in [-0.05, 0) is 45.5 Å². The third-order valence-electron chi connectivity index (χ3n) is 3.13. The van der Waals surface area contributed by atoms with Crippen LogP contribution in [-0.2, 0) is 0 Å². The van der Waals surface area contributed by atoms with Gasteiger partial charge in [0.2, 0.25) is 0 Å². The van der Waals surface area contributed by atoms with Crippen molar-refractivity contribution in [2.75, 3.05) is 0 Å². The van der Waals surface area contributed by atoms with Gasteiger partial charge in [-0.25, -0.2) is 0 Å². The zero-order valence-electron chi connectivity index (χ0n) is 9.53. The van der Waals surface area contributed by atoms with Crippen LogP contribution in [0.1, 0.15) is 25.3 Å². The topological polar surface area (TPSA) is 0 Å². The van der Waals surface area contributed by atoms with E-state index in [1.807, 2.05) is 11.3 Å². The highest BCUT2D eigenvalue weighted by Gasteiger charge is 2.09. The fourth-order valence-electron chi connectivity index (χ4n) is 2.14. The van der Waals surface area contributed by atoms with Gasteiger partial charge in [0.25, 0.3) is 0 Å². The van der Waals surface area contributed by atoms with Crippen molar-refractivity contribution in [3.63, 3.8) is 0 Å². The summed E-state index contributed by atoms with van der Waals surface area (Å²) in [5.74, 6) is 0.593. The lowest BCUT2D eigenvalue weighted by atomic mass is 10.1. The van der Waals surface area contributed by atoms with Crippen LogP contribution in [0.15, 0.2) is 41.8 Å². The minimum atomic E-state index is 0.593. The van der Waals surface area contributed by atoms with E-state index in [9.17, 15) is 0 Å². The standard InChI is InChI=1S/C15H14S/c1-10(2)11-3-4-12-9-13-7-8-16-15(13)14(12)6-5-11/h3-10H,1-2H3. The van der Waals surface area contributed by atoms with Gasteiger partial charge in [0.05, 0.1) is 0 Å². The Morgan fingerprint density at radius 3 is 2.62 bits per heavy atom. The predicted molar refractivity (Wildman–Crippen MR) is 72.5 cm³/mol. The molecule has 0 aromatic carbocycles. The maximum Gasteiger partial charge on any atom is 0.0421 e. The molecule has 0 spiro atoms. The van der Waals surface area contributed by atoms with Crippen LogP contribution >= 0.6 is 11.3 Å². The summed E-state index contributed by atoms with van der Waals surface area (Å²) in [5, 5.41) is 3.54. The summed E-state index contributed by atoms with van der Waals surface area (Å²) >= 11 is 1.83. The fraction of sp³-hybridized carbons (Fsp3) is 0.200. The van der Waals surface area contributed by atoms with Gasteiger partial charge in [-0.15, -0.1) is 11.3 Å². The largest absolute Gasteiger partial charge is 0.143 e. The summed E-state index contributed by atoms with van der Waals surface area (Å²) in [6.45, 7) is 4.47. The second-order valence-corrected chi connectivity index (χ2v) is 5.46. The SMILES string of the molecule is CC(C)c1ccc2cc3ccsc3c-2cc1. The van der Waals surface area contributed by atoms with E-state index in [-0.39, 0.29) is 0 Å². The van der Waals surface area contributed by atoms with Gasteiger partial charge >= 0.3 is 0 Å². The number of thiophene rings is 1. The Bertz CT molecular complexity index is 604. The van der Waals surface area contributed by atoms with Crippen molar-refractivity contribution in [2.24, 2.45) is 0 Å². The summed E-state index contributed by atoms with van der Waals surface area (Å²) in [7, 11) is 0. The molecule has 0 bridgehead atoms. The van der Waals surface area contributed by atoms with Crippen LogP contribution in [0.3, 0.4) is 0 Å². The summed E-state index contributed by atoms with van der Waals surface area (Å²) < 4.78 is 1.42. The summed E-state index contributed by atoms with van der Waals surface area (Å²) in [4.78, 5) is 0. The highest BCUT2D eigenvalue weighted by molar-refractivity contribution is 7.17. The Morgan fingerprint density at radius 1 is 1.00 bits per heavy atom. The van der Waals surface area contributed by atoms with Gasteiger partial charge in [0, 0.05) is 4.70 Å². The zero-order chi connectivity index (χ0) is 11.1. The van der Waals surface area contributed by atoms with Crippen molar-refractivity contribution in [3.8, 4) is 11.1 Å². The molecule has 16 heavy (non-hydrogen) atoms. The van der Waals surface area contributed by atoms with E-state index in [1.54, 1.807) is 0 Å². The first-order valence-electron chi connectivity index (χ1n) is 5.65. The number of hydrogen-bond acceptors (Lipinski definition) is 1. The van der Waals surface area contributed by atoms with Gasteiger partial charge in [-0.3, -0.25) is 0 Å². The molecule has 1 aromatic heterocycles. The van der Waals surface area contributed by atoms with Crippen molar-refractivity contribution in [1.82, 2.24) is 0 Å². The van der Waals surface area contributed by atoms with Gasteiger partial charge in [0.1, 0.15) is 0 Å². The van der Waals surface area contributed by atoms with Crippen molar-refractivity contribution < 1.29 is 0 Å². The molecule has 0 atom stereocenters. The highest BCUT2D eigenvalue weighted by Crippen LogP contribution is 2.37. The quantitative estimate of drug-likeness (QED) is 0.539. The first-order valence-corrected chi connectivity index (χ1v) is 6.53. The fourth-order valence-corrected chi connectivity index (χ4v) is 3.07. The molecule has 0 saturated heterocycles. The maximum absolute atomic E-state index is 2.28. The molecule has 0 aliphatic heterocycles. The number of rotatable bonds is 1. The average molecular weight is 226 g/mol. The van der Waals surface area contributed by atoms with E-state index in [0.29, 0.717) is 5.92 Å². The maximum atomic E-state index is 2.28. The van der Waals surface area contributed by atoms with Gasteiger partial charge in [-0.2, -0.15) is 0 Å². The Kier molecular flexibility index (Phi) is 2.22. The van der Waals surface area contributed by atoms with Gasteiger partial charge in [0.15, 0.2) is 0 Å². The first-order chi connectivity index (χ1) is 7.75. The lowest BCUT2D eigenvalue weighted by Gasteiger charge is -1.99. The molecule has 0 fully saturated rings. The number of hydrogen-bond donors (Lipinski definition) is 0. The summed E-state index contributed by atoms with van der Waals surface area (Å²) in [5.41, 5.74) is 4.14. The van der Waals surface area contributed by atoms with E-state index < -0.39 is 0 Å². The van der Waals surface area contributed by atoms with Crippen molar-refractivity contribution in [2.45, 2.75) is 19.8 Å². The summed E-state index contributed by atoms with van der Waals surface area (Å²) in [6.07, 6.45) is 0. The second-order valence-electron chi connectivity index (χ2n) is 4.54. The molecule has 0 N–H and O–H groups in total. The first kappa shape index (κ1) is 9.86. The molecular weight excluding hydrogens is 212 g/mol. The van der Waals surface area contributed by atoms with Crippen LogP contribution < -0.4 is 0 Å². The molecule has 0 saturated carbocycles. The Balaban J connectivity index is 2.30. The molecule has 1 heteroatoms. The van der Waals surface area contributed by atoms with E-state index in [1.165, 1.54) is 26.8 Å². The lowest BCUT2D eigenvalue weighted by molar-refractivity contribution is 0.868. The van der Waals surface area contributed by atoms with E-state index in [0.717, 1.165) is 0 Å². The zero-order valence-corrected chi connectivity index (χ0v) is 10.3. The van der Waals surface area contributed by atoms with Crippen molar-refractivity contribution >= 4 is 21.4 Å². The minimum absolute atomic E-state index is 0.593. The second kappa shape index (κ2) is 3.60. The molecule has 0 nitrogen and oxygen atoms in total. The molecule has 0 radical (unpaired) electrons. The van der Waals surface area contributed by atoms with Crippen molar-refractivity contribution in [1.29, 1.82) is 0 Å². The monoisotopic (exact) mass is 226 g/mol. The minimum Gasteiger partial charge on any atom is -0.143 e. The third kappa shape index (κ3) is 1.43. The number of fused-ring (bicyclic) bond motifs is 3. The van der Waals surface area contributed by atoms with Crippen LogP contribution in [0, 0.1) is 0 Å². The van der Waals surface area contributed by atoms with E-state index in [4.69, 9.17) is 0 Å². The van der Waals surface area contributed by atoms with Gasteiger partial charge in [-0.1, -0.05) is 38.1 Å². The van der Waals surface area contributed by atoms with E-state index >= 15 is 0 Å². The highest BCUT2D eigenvalue weighted by atomic mass is 32.1. The molecular formula is C15H14S. The molecule has 1 aromatic rings. The molecule has 1 heterocycles.